The first-order chi connectivity index (χ1) is 6.15. The van der Waals surface area contributed by atoms with Crippen molar-refractivity contribution in [1.29, 1.82) is 0 Å². The van der Waals surface area contributed by atoms with Gasteiger partial charge in [-0.1, -0.05) is 0 Å². The number of amides is 1. The molecule has 76 valence electrons. The number of carbonyl (C=O) groups excluding carboxylic acids is 1. The van der Waals surface area contributed by atoms with Crippen LogP contribution in [0, 0.1) is 0 Å². The lowest BCUT2D eigenvalue weighted by Gasteiger charge is -2.36. The lowest BCUT2D eigenvalue weighted by atomic mass is 10.2. The maximum absolute atomic E-state index is 11.6. The SMILES string of the molecule is CC(C)N1CCN(CCN)CC1=O. The van der Waals surface area contributed by atoms with E-state index in [1.165, 1.54) is 0 Å². The van der Waals surface area contributed by atoms with Crippen molar-refractivity contribution in [2.24, 2.45) is 5.73 Å². The monoisotopic (exact) mass is 185 g/mol. The van der Waals surface area contributed by atoms with E-state index in [1.807, 2.05) is 4.90 Å². The largest absolute Gasteiger partial charge is 0.338 e. The average Bonchev–Trinajstić information content (AvgIpc) is 2.04. The van der Waals surface area contributed by atoms with Gasteiger partial charge in [0.05, 0.1) is 6.54 Å². The Balaban J connectivity index is 2.42. The Bertz CT molecular complexity index is 182. The van der Waals surface area contributed by atoms with Gasteiger partial charge in [-0.25, -0.2) is 0 Å². The lowest BCUT2D eigenvalue weighted by molar-refractivity contribution is -0.137. The van der Waals surface area contributed by atoms with Crippen LogP contribution in [0.4, 0.5) is 0 Å². The van der Waals surface area contributed by atoms with Gasteiger partial charge in [-0.15, -0.1) is 0 Å². The van der Waals surface area contributed by atoms with E-state index in [2.05, 4.69) is 18.7 Å². The first-order valence-corrected chi connectivity index (χ1v) is 4.87. The predicted molar refractivity (Wildman–Crippen MR) is 52.3 cm³/mol. The highest BCUT2D eigenvalue weighted by atomic mass is 16.2. The Labute approximate surface area is 79.7 Å². The fourth-order valence-electron chi connectivity index (χ4n) is 1.65. The number of piperazine rings is 1. The number of hydrogen-bond donors (Lipinski definition) is 1. The summed E-state index contributed by atoms with van der Waals surface area (Å²) in [7, 11) is 0. The minimum Gasteiger partial charge on any atom is -0.338 e. The highest BCUT2D eigenvalue weighted by molar-refractivity contribution is 5.79. The maximum atomic E-state index is 11.6. The fourth-order valence-corrected chi connectivity index (χ4v) is 1.65. The molecule has 0 aromatic heterocycles. The lowest BCUT2D eigenvalue weighted by Crippen LogP contribution is -2.53. The molecule has 13 heavy (non-hydrogen) atoms. The van der Waals surface area contributed by atoms with E-state index in [0.29, 0.717) is 19.1 Å². The molecule has 1 fully saturated rings. The van der Waals surface area contributed by atoms with Gasteiger partial charge in [0.15, 0.2) is 0 Å². The molecule has 0 aromatic rings. The van der Waals surface area contributed by atoms with Crippen LogP contribution >= 0.6 is 0 Å². The molecule has 1 aliphatic heterocycles. The van der Waals surface area contributed by atoms with E-state index >= 15 is 0 Å². The molecule has 1 amide bonds. The predicted octanol–water partition coefficient (Wildman–Crippen LogP) is -0.502. The van der Waals surface area contributed by atoms with Gasteiger partial charge in [0.1, 0.15) is 0 Å². The zero-order valence-electron chi connectivity index (χ0n) is 8.49. The van der Waals surface area contributed by atoms with E-state index in [4.69, 9.17) is 5.73 Å². The summed E-state index contributed by atoms with van der Waals surface area (Å²) in [5.74, 6) is 0.231. The standard InChI is InChI=1S/C9H19N3O/c1-8(2)12-6-5-11(4-3-10)7-9(12)13/h8H,3-7,10H2,1-2H3. The van der Waals surface area contributed by atoms with Gasteiger partial charge in [0.25, 0.3) is 0 Å². The van der Waals surface area contributed by atoms with Gasteiger partial charge in [-0.05, 0) is 13.8 Å². The van der Waals surface area contributed by atoms with Crippen molar-refractivity contribution in [2.75, 3.05) is 32.7 Å². The van der Waals surface area contributed by atoms with E-state index < -0.39 is 0 Å². The van der Waals surface area contributed by atoms with Crippen molar-refractivity contribution in [1.82, 2.24) is 9.80 Å². The van der Waals surface area contributed by atoms with Crippen LogP contribution in [0.5, 0.6) is 0 Å². The van der Waals surface area contributed by atoms with Crippen molar-refractivity contribution >= 4 is 5.91 Å². The van der Waals surface area contributed by atoms with Crippen molar-refractivity contribution in [2.45, 2.75) is 19.9 Å². The Morgan fingerprint density at radius 3 is 2.62 bits per heavy atom. The molecule has 0 saturated carbocycles. The number of nitrogens with two attached hydrogens (primary N) is 1. The Kier molecular flexibility index (Phi) is 3.69. The van der Waals surface area contributed by atoms with Gasteiger partial charge in [0.2, 0.25) is 5.91 Å². The number of nitrogens with zero attached hydrogens (tertiary/aromatic N) is 2. The van der Waals surface area contributed by atoms with Gasteiger partial charge >= 0.3 is 0 Å². The van der Waals surface area contributed by atoms with Crippen molar-refractivity contribution < 1.29 is 4.79 Å². The quantitative estimate of drug-likeness (QED) is 0.645. The van der Waals surface area contributed by atoms with Crippen LogP contribution in [-0.2, 0) is 4.79 Å². The van der Waals surface area contributed by atoms with Crippen LogP contribution in [-0.4, -0.2) is 54.5 Å². The van der Waals surface area contributed by atoms with Gasteiger partial charge in [-0.2, -0.15) is 0 Å². The van der Waals surface area contributed by atoms with E-state index in [0.717, 1.165) is 19.6 Å². The van der Waals surface area contributed by atoms with E-state index in [-0.39, 0.29) is 5.91 Å². The number of hydrogen-bond acceptors (Lipinski definition) is 3. The highest BCUT2D eigenvalue weighted by Gasteiger charge is 2.24. The Morgan fingerprint density at radius 2 is 2.15 bits per heavy atom. The molecular weight excluding hydrogens is 166 g/mol. The van der Waals surface area contributed by atoms with Crippen molar-refractivity contribution in [3.63, 3.8) is 0 Å². The summed E-state index contributed by atoms with van der Waals surface area (Å²) in [6, 6.07) is 0.326. The van der Waals surface area contributed by atoms with E-state index in [9.17, 15) is 4.79 Å². The maximum Gasteiger partial charge on any atom is 0.237 e. The minimum atomic E-state index is 0.231. The molecule has 1 saturated heterocycles. The van der Waals surface area contributed by atoms with Gasteiger partial charge < -0.3 is 10.6 Å². The molecule has 1 heterocycles. The second kappa shape index (κ2) is 4.58. The fraction of sp³-hybridized carbons (Fsp3) is 0.889. The third kappa shape index (κ3) is 2.67. The Hall–Kier alpha value is -0.610. The molecule has 0 radical (unpaired) electrons. The van der Waals surface area contributed by atoms with Crippen LogP contribution in [0.25, 0.3) is 0 Å². The van der Waals surface area contributed by atoms with E-state index in [1.54, 1.807) is 0 Å². The zero-order chi connectivity index (χ0) is 9.84. The molecule has 0 aliphatic carbocycles. The third-order valence-electron chi connectivity index (χ3n) is 2.41. The molecule has 4 nitrogen and oxygen atoms in total. The molecule has 0 spiro atoms. The molecule has 0 atom stereocenters. The van der Waals surface area contributed by atoms with Gasteiger partial charge in [0, 0.05) is 32.2 Å². The van der Waals surface area contributed by atoms with Crippen LogP contribution in [0.2, 0.25) is 0 Å². The summed E-state index contributed by atoms with van der Waals surface area (Å²) in [5, 5.41) is 0. The van der Waals surface area contributed by atoms with Crippen LogP contribution in [0.3, 0.4) is 0 Å². The highest BCUT2D eigenvalue weighted by Crippen LogP contribution is 2.06. The first-order valence-electron chi connectivity index (χ1n) is 4.87. The number of rotatable bonds is 3. The molecule has 1 aliphatic rings. The molecule has 0 unspecified atom stereocenters. The summed E-state index contributed by atoms with van der Waals surface area (Å²) in [6.07, 6.45) is 0. The third-order valence-corrected chi connectivity index (χ3v) is 2.41. The molecular formula is C9H19N3O. The summed E-state index contributed by atoms with van der Waals surface area (Å²) in [4.78, 5) is 15.6. The summed E-state index contributed by atoms with van der Waals surface area (Å²) >= 11 is 0. The minimum absolute atomic E-state index is 0.231. The van der Waals surface area contributed by atoms with Crippen molar-refractivity contribution in [3.05, 3.63) is 0 Å². The summed E-state index contributed by atoms with van der Waals surface area (Å²) in [5.41, 5.74) is 5.43. The number of carbonyl (C=O) groups is 1. The molecule has 1 rings (SSSR count). The normalized spacial score (nSPS) is 20.0. The molecule has 4 heteroatoms. The first kappa shape index (κ1) is 10.5. The van der Waals surface area contributed by atoms with Gasteiger partial charge in [-0.3, -0.25) is 9.69 Å². The van der Waals surface area contributed by atoms with Crippen LogP contribution < -0.4 is 5.73 Å². The smallest absolute Gasteiger partial charge is 0.237 e. The van der Waals surface area contributed by atoms with Crippen LogP contribution in [0.1, 0.15) is 13.8 Å². The second-order valence-corrected chi connectivity index (χ2v) is 3.75. The average molecular weight is 185 g/mol. The summed E-state index contributed by atoms with van der Waals surface area (Å²) < 4.78 is 0. The second-order valence-electron chi connectivity index (χ2n) is 3.75. The molecule has 0 aromatic carbocycles. The zero-order valence-corrected chi connectivity index (χ0v) is 8.49. The molecule has 0 bridgehead atoms. The topological polar surface area (TPSA) is 49.6 Å². The summed E-state index contributed by atoms with van der Waals surface area (Å²) in [6.45, 7) is 7.91. The van der Waals surface area contributed by atoms with Crippen LogP contribution in [0.15, 0.2) is 0 Å². The Morgan fingerprint density at radius 1 is 1.46 bits per heavy atom. The molecule has 2 N–H and O–H groups in total. The van der Waals surface area contributed by atoms with Crippen molar-refractivity contribution in [3.8, 4) is 0 Å².